The van der Waals surface area contributed by atoms with Crippen LogP contribution in [0.3, 0.4) is 0 Å². The Morgan fingerprint density at radius 3 is 2.63 bits per heavy atom. The van der Waals surface area contributed by atoms with Crippen molar-refractivity contribution in [2.75, 3.05) is 25.0 Å². The Kier molecular flexibility index (Phi) is 6.71. The second-order valence-corrected chi connectivity index (χ2v) is 9.74. The summed E-state index contributed by atoms with van der Waals surface area (Å²) in [7, 11) is 0. The van der Waals surface area contributed by atoms with Crippen molar-refractivity contribution >= 4 is 33.4 Å². The Bertz CT molecular complexity index is 876. The predicted octanol–water partition coefficient (Wildman–Crippen LogP) is 6.02. The standard InChI is InChI=1S/C22H28BrFN4O2/c1-21(2,3)30-20(29)28-12-10-22(24,11-13-28)9-8-16-6-7-17(19(27-25)18(16)23)26-14-15-4-5-15/h6-7,15,25-26H,4-5,10-14H2,1-3H3. The average Bonchev–Trinajstić information content (AvgIpc) is 3.49. The highest BCUT2D eigenvalue weighted by Gasteiger charge is 2.36. The summed E-state index contributed by atoms with van der Waals surface area (Å²) in [6.07, 6.45) is 2.31. The number of benzene rings is 1. The first-order valence-electron chi connectivity index (χ1n) is 10.2. The summed E-state index contributed by atoms with van der Waals surface area (Å²) in [5, 5.41) is 6.94. The monoisotopic (exact) mass is 478 g/mol. The number of likely N-dealkylation sites (tertiary alicyclic amines) is 1. The number of halogens is 2. The molecule has 1 heterocycles. The van der Waals surface area contributed by atoms with Crippen LogP contribution in [-0.2, 0) is 4.74 Å². The number of nitrogens with zero attached hydrogens (tertiary/aromatic N) is 2. The van der Waals surface area contributed by atoms with Crippen LogP contribution < -0.4 is 5.32 Å². The SMILES string of the molecule is CC(C)(C)OC(=O)N1CCC(F)(C#Cc2ccc(NCC3CC3)c(N=N)c2Br)CC1. The molecular formula is C22H28BrFN4O2. The molecule has 3 rings (SSSR count). The summed E-state index contributed by atoms with van der Waals surface area (Å²) in [5.74, 6) is 6.35. The molecule has 1 aromatic carbocycles. The zero-order valence-electron chi connectivity index (χ0n) is 17.6. The predicted molar refractivity (Wildman–Crippen MR) is 118 cm³/mol. The molecule has 162 valence electrons. The molecular weight excluding hydrogens is 451 g/mol. The molecule has 0 unspecified atom stereocenters. The van der Waals surface area contributed by atoms with E-state index in [1.54, 1.807) is 6.07 Å². The molecule has 1 saturated heterocycles. The van der Waals surface area contributed by atoms with Gasteiger partial charge < -0.3 is 15.0 Å². The number of rotatable bonds is 4. The van der Waals surface area contributed by atoms with Crippen molar-refractivity contribution in [2.24, 2.45) is 11.0 Å². The van der Waals surface area contributed by atoms with Gasteiger partial charge in [0.15, 0.2) is 5.67 Å². The highest BCUT2D eigenvalue weighted by Crippen LogP contribution is 2.38. The zero-order chi connectivity index (χ0) is 21.9. The van der Waals surface area contributed by atoms with E-state index in [4.69, 9.17) is 10.3 Å². The van der Waals surface area contributed by atoms with Crippen LogP contribution in [0.5, 0.6) is 0 Å². The van der Waals surface area contributed by atoms with Crippen LogP contribution in [-0.4, -0.2) is 41.9 Å². The summed E-state index contributed by atoms with van der Waals surface area (Å²) in [4.78, 5) is 13.7. The Hall–Kier alpha value is -2.14. The van der Waals surface area contributed by atoms with Crippen molar-refractivity contribution in [1.29, 1.82) is 5.53 Å². The summed E-state index contributed by atoms with van der Waals surface area (Å²) < 4.78 is 21.1. The Labute approximate surface area is 185 Å². The molecule has 2 N–H and O–H groups in total. The Balaban J connectivity index is 1.66. The van der Waals surface area contributed by atoms with Gasteiger partial charge in [0.05, 0.1) is 10.2 Å². The van der Waals surface area contributed by atoms with Crippen molar-refractivity contribution in [3.05, 3.63) is 22.2 Å². The number of hydrogen-bond acceptors (Lipinski definition) is 5. The number of alkyl halides is 1. The zero-order valence-corrected chi connectivity index (χ0v) is 19.2. The first-order valence-corrected chi connectivity index (χ1v) is 11.0. The number of amides is 1. The van der Waals surface area contributed by atoms with Gasteiger partial charge in [-0.2, -0.15) is 5.11 Å². The molecule has 1 aliphatic carbocycles. The second-order valence-electron chi connectivity index (χ2n) is 8.94. The molecule has 0 atom stereocenters. The summed E-state index contributed by atoms with van der Waals surface area (Å²) in [5.41, 5.74) is 7.08. The van der Waals surface area contributed by atoms with Gasteiger partial charge in [-0.1, -0.05) is 11.8 Å². The minimum Gasteiger partial charge on any atom is -0.444 e. The lowest BCUT2D eigenvalue weighted by molar-refractivity contribution is 0.0117. The fourth-order valence-corrected chi connectivity index (χ4v) is 3.70. The highest BCUT2D eigenvalue weighted by molar-refractivity contribution is 9.10. The summed E-state index contributed by atoms with van der Waals surface area (Å²) >= 11 is 3.47. The second kappa shape index (κ2) is 8.93. The third-order valence-corrected chi connectivity index (χ3v) is 5.94. The van der Waals surface area contributed by atoms with Crippen molar-refractivity contribution < 1.29 is 13.9 Å². The Morgan fingerprint density at radius 2 is 2.07 bits per heavy atom. The fraction of sp³-hybridized carbons (Fsp3) is 0.591. The van der Waals surface area contributed by atoms with Gasteiger partial charge in [0, 0.05) is 38.0 Å². The number of anilines is 1. The van der Waals surface area contributed by atoms with E-state index < -0.39 is 17.4 Å². The van der Waals surface area contributed by atoms with E-state index >= 15 is 4.39 Å². The molecule has 1 saturated carbocycles. The largest absolute Gasteiger partial charge is 0.444 e. The van der Waals surface area contributed by atoms with Crippen LogP contribution in [0.25, 0.3) is 0 Å². The molecule has 0 bridgehead atoms. The minimum atomic E-state index is -1.67. The third-order valence-electron chi connectivity index (χ3n) is 5.13. The van der Waals surface area contributed by atoms with Crippen molar-refractivity contribution in [1.82, 2.24) is 4.90 Å². The van der Waals surface area contributed by atoms with E-state index in [9.17, 15) is 4.79 Å². The maximum Gasteiger partial charge on any atom is 0.410 e. The molecule has 1 aromatic rings. The van der Waals surface area contributed by atoms with E-state index in [1.165, 1.54) is 17.7 Å². The maximum atomic E-state index is 15.2. The molecule has 0 spiro atoms. The molecule has 1 aliphatic heterocycles. The quantitative estimate of drug-likeness (QED) is 0.409. The van der Waals surface area contributed by atoms with E-state index in [0.29, 0.717) is 21.6 Å². The summed E-state index contributed by atoms with van der Waals surface area (Å²) in [6.45, 7) is 6.81. The molecule has 30 heavy (non-hydrogen) atoms. The third kappa shape index (κ3) is 5.94. The molecule has 8 heteroatoms. The Morgan fingerprint density at radius 1 is 1.40 bits per heavy atom. The normalized spacial score (nSPS) is 18.2. The minimum absolute atomic E-state index is 0.133. The van der Waals surface area contributed by atoms with Gasteiger partial charge in [-0.05, 0) is 67.6 Å². The summed E-state index contributed by atoms with van der Waals surface area (Å²) in [6, 6.07) is 3.64. The van der Waals surface area contributed by atoms with E-state index in [1.807, 2.05) is 26.8 Å². The lowest BCUT2D eigenvalue weighted by Gasteiger charge is -2.34. The van der Waals surface area contributed by atoms with Gasteiger partial charge >= 0.3 is 6.09 Å². The molecule has 0 aromatic heterocycles. The highest BCUT2D eigenvalue weighted by atomic mass is 79.9. The van der Waals surface area contributed by atoms with Crippen LogP contribution in [0.4, 0.5) is 20.6 Å². The molecule has 1 amide bonds. The van der Waals surface area contributed by atoms with Gasteiger partial charge in [0.2, 0.25) is 0 Å². The van der Waals surface area contributed by atoms with E-state index in [0.717, 1.165) is 12.2 Å². The number of piperidine rings is 1. The van der Waals surface area contributed by atoms with Gasteiger partial charge in [0.1, 0.15) is 11.3 Å². The number of nitrogens with one attached hydrogen (secondary N) is 2. The maximum absolute atomic E-state index is 15.2. The fourth-order valence-electron chi connectivity index (χ4n) is 3.16. The first-order chi connectivity index (χ1) is 14.1. The first kappa shape index (κ1) is 22.5. The van der Waals surface area contributed by atoms with Gasteiger partial charge in [-0.3, -0.25) is 0 Å². The van der Waals surface area contributed by atoms with Crippen molar-refractivity contribution in [2.45, 2.75) is 57.7 Å². The number of ether oxygens (including phenoxy) is 1. The van der Waals surface area contributed by atoms with Crippen LogP contribution in [0.1, 0.15) is 52.0 Å². The van der Waals surface area contributed by atoms with E-state index in [-0.39, 0.29) is 25.9 Å². The van der Waals surface area contributed by atoms with Crippen LogP contribution >= 0.6 is 15.9 Å². The lowest BCUT2D eigenvalue weighted by atomic mass is 9.93. The topological polar surface area (TPSA) is 77.8 Å². The molecule has 0 radical (unpaired) electrons. The molecule has 6 nitrogen and oxygen atoms in total. The van der Waals surface area contributed by atoms with Gasteiger partial charge in [-0.15, -0.1) is 0 Å². The lowest BCUT2D eigenvalue weighted by Crippen LogP contribution is -2.45. The number of hydrogen-bond donors (Lipinski definition) is 2. The van der Waals surface area contributed by atoms with Crippen LogP contribution in [0, 0.1) is 23.3 Å². The number of carbonyl (C=O) groups is 1. The number of carbonyl (C=O) groups excluding carboxylic acids is 1. The molecule has 2 aliphatic rings. The van der Waals surface area contributed by atoms with Crippen LogP contribution in [0.2, 0.25) is 0 Å². The smallest absolute Gasteiger partial charge is 0.410 e. The van der Waals surface area contributed by atoms with Crippen molar-refractivity contribution in [3.8, 4) is 11.8 Å². The van der Waals surface area contributed by atoms with Crippen molar-refractivity contribution in [3.63, 3.8) is 0 Å². The van der Waals surface area contributed by atoms with E-state index in [2.05, 4.69) is 38.2 Å². The average molecular weight is 479 g/mol. The van der Waals surface area contributed by atoms with Crippen LogP contribution in [0.15, 0.2) is 21.7 Å². The van der Waals surface area contributed by atoms with Gasteiger partial charge in [-0.25, -0.2) is 14.7 Å². The molecule has 2 fully saturated rings. The van der Waals surface area contributed by atoms with Gasteiger partial charge in [0.25, 0.3) is 0 Å².